The Hall–Kier alpha value is -3.14. The topological polar surface area (TPSA) is 88.8 Å². The van der Waals surface area contributed by atoms with Crippen LogP contribution in [0.25, 0.3) is 0 Å². The minimum Gasteiger partial charge on any atom is -0.409 e. The van der Waals surface area contributed by atoms with Gasteiger partial charge in [-0.05, 0) is 37.1 Å². The van der Waals surface area contributed by atoms with Gasteiger partial charge in [0, 0.05) is 38.4 Å². The van der Waals surface area contributed by atoms with Gasteiger partial charge in [-0.3, -0.25) is 14.7 Å². The number of carbonyl (C=O) groups excluding carboxylic acids is 2. The molecule has 1 aromatic heterocycles. The molecule has 0 bridgehead atoms. The predicted molar refractivity (Wildman–Crippen MR) is 106 cm³/mol. The van der Waals surface area contributed by atoms with Gasteiger partial charge in [0.1, 0.15) is 0 Å². The summed E-state index contributed by atoms with van der Waals surface area (Å²) < 4.78 is 44.8. The second-order valence-electron chi connectivity index (χ2n) is 7.51. The molecule has 1 fully saturated rings. The van der Waals surface area contributed by atoms with Crippen molar-refractivity contribution in [1.82, 2.24) is 14.8 Å². The van der Waals surface area contributed by atoms with E-state index in [1.807, 2.05) is 11.8 Å². The van der Waals surface area contributed by atoms with Gasteiger partial charge in [-0.1, -0.05) is 12.1 Å². The van der Waals surface area contributed by atoms with Crippen molar-refractivity contribution in [2.24, 2.45) is 5.73 Å². The first kappa shape index (κ1) is 22.5. The smallest absolute Gasteiger partial charge is 0.409 e. The largest absolute Gasteiger partial charge is 0.416 e. The van der Waals surface area contributed by atoms with Crippen LogP contribution >= 0.6 is 0 Å². The molecular formula is C21H23F3N4O3. The van der Waals surface area contributed by atoms with Crippen molar-refractivity contribution in [3.05, 3.63) is 58.9 Å². The standard InChI is InChI=1S/C21H23F3N4O3/c1-13-11-27(12-15-4-3-5-18(14(15)2)21(22,23)24)6-7-28(13)20(30)31-17-8-16(19(25)29)9-26-10-17/h3-5,8-10,13H,6-7,11-12H2,1-2H3,(H2,25,29). The number of pyridine rings is 1. The number of hydrogen-bond acceptors (Lipinski definition) is 5. The molecule has 3 rings (SSSR count). The molecule has 2 heterocycles. The summed E-state index contributed by atoms with van der Waals surface area (Å²) in [6.07, 6.45) is -2.40. The number of hydrogen-bond donors (Lipinski definition) is 1. The lowest BCUT2D eigenvalue weighted by atomic mass is 10.0. The molecule has 1 aliphatic heterocycles. The van der Waals surface area contributed by atoms with Gasteiger partial charge in [0.25, 0.3) is 0 Å². The van der Waals surface area contributed by atoms with E-state index in [2.05, 4.69) is 4.98 Å². The summed E-state index contributed by atoms with van der Waals surface area (Å²) in [7, 11) is 0. The number of rotatable bonds is 4. The number of primary amides is 1. The third kappa shape index (κ3) is 5.32. The molecule has 2 N–H and O–H groups in total. The Balaban J connectivity index is 1.63. The first-order chi connectivity index (χ1) is 14.6. The van der Waals surface area contributed by atoms with Crippen LogP contribution in [-0.2, 0) is 12.7 Å². The number of amides is 2. The van der Waals surface area contributed by atoms with E-state index in [1.165, 1.54) is 36.4 Å². The van der Waals surface area contributed by atoms with Crippen LogP contribution < -0.4 is 10.5 Å². The Labute approximate surface area is 177 Å². The number of aromatic nitrogens is 1. The number of halogens is 3. The molecule has 1 aliphatic rings. The van der Waals surface area contributed by atoms with Crippen LogP contribution in [0.1, 0.15) is 34.0 Å². The van der Waals surface area contributed by atoms with Crippen molar-refractivity contribution in [3.8, 4) is 5.75 Å². The molecule has 0 aliphatic carbocycles. The van der Waals surface area contributed by atoms with E-state index < -0.39 is 23.7 Å². The highest BCUT2D eigenvalue weighted by molar-refractivity contribution is 5.92. The Morgan fingerprint density at radius 2 is 2.00 bits per heavy atom. The average Bonchev–Trinajstić information content (AvgIpc) is 2.69. The number of nitrogens with zero attached hydrogens (tertiary/aromatic N) is 3. The van der Waals surface area contributed by atoms with Crippen molar-refractivity contribution < 1.29 is 27.5 Å². The fourth-order valence-electron chi connectivity index (χ4n) is 3.62. The normalized spacial score (nSPS) is 17.5. The number of nitrogens with two attached hydrogens (primary N) is 1. The maximum Gasteiger partial charge on any atom is 0.416 e. The summed E-state index contributed by atoms with van der Waals surface area (Å²) in [5.74, 6) is -0.576. The molecule has 2 aromatic rings. The molecule has 7 nitrogen and oxygen atoms in total. The lowest BCUT2D eigenvalue weighted by Gasteiger charge is -2.39. The fourth-order valence-corrected chi connectivity index (χ4v) is 3.62. The molecule has 2 amide bonds. The number of benzene rings is 1. The van der Waals surface area contributed by atoms with Gasteiger partial charge in [0.15, 0.2) is 5.75 Å². The van der Waals surface area contributed by atoms with Crippen LogP contribution in [0.5, 0.6) is 5.75 Å². The second-order valence-corrected chi connectivity index (χ2v) is 7.51. The Morgan fingerprint density at radius 1 is 1.26 bits per heavy atom. The third-order valence-electron chi connectivity index (χ3n) is 5.29. The van der Waals surface area contributed by atoms with Crippen LogP contribution in [0.15, 0.2) is 36.7 Å². The van der Waals surface area contributed by atoms with Crippen LogP contribution in [0.4, 0.5) is 18.0 Å². The number of piperazine rings is 1. The Bertz CT molecular complexity index is 981. The minimum absolute atomic E-state index is 0.107. The predicted octanol–water partition coefficient (Wildman–Crippen LogP) is 3.21. The molecule has 166 valence electrons. The number of ether oxygens (including phenoxy) is 1. The number of carbonyl (C=O) groups is 2. The maximum absolute atomic E-state index is 13.2. The van der Waals surface area contributed by atoms with Gasteiger partial charge in [0.05, 0.1) is 17.3 Å². The summed E-state index contributed by atoms with van der Waals surface area (Å²) >= 11 is 0. The second kappa shape index (κ2) is 8.93. The van der Waals surface area contributed by atoms with E-state index in [4.69, 9.17) is 10.5 Å². The fraction of sp³-hybridized carbons (Fsp3) is 0.381. The van der Waals surface area contributed by atoms with Gasteiger partial charge < -0.3 is 15.4 Å². The lowest BCUT2D eigenvalue weighted by Crippen LogP contribution is -2.54. The van der Waals surface area contributed by atoms with Crippen LogP contribution in [0, 0.1) is 6.92 Å². The molecule has 1 aromatic carbocycles. The average molecular weight is 436 g/mol. The van der Waals surface area contributed by atoms with Gasteiger partial charge in [-0.25, -0.2) is 4.79 Å². The molecule has 1 atom stereocenters. The highest BCUT2D eigenvalue weighted by Crippen LogP contribution is 2.33. The van der Waals surface area contributed by atoms with Crippen molar-refractivity contribution >= 4 is 12.0 Å². The SMILES string of the molecule is Cc1c(CN2CCN(C(=O)Oc3cncc(C(N)=O)c3)C(C)C2)cccc1C(F)(F)F. The first-order valence-corrected chi connectivity index (χ1v) is 9.67. The molecule has 0 saturated carbocycles. The van der Waals surface area contributed by atoms with Gasteiger partial charge in [-0.15, -0.1) is 0 Å². The summed E-state index contributed by atoms with van der Waals surface area (Å²) in [6, 6.07) is 5.30. The summed E-state index contributed by atoms with van der Waals surface area (Å²) in [4.78, 5) is 31.2. The van der Waals surface area contributed by atoms with Crippen molar-refractivity contribution in [2.75, 3.05) is 19.6 Å². The van der Waals surface area contributed by atoms with Crippen LogP contribution in [0.2, 0.25) is 0 Å². The quantitative estimate of drug-likeness (QED) is 0.795. The van der Waals surface area contributed by atoms with Gasteiger partial charge in [0.2, 0.25) is 5.91 Å². The van der Waals surface area contributed by atoms with E-state index in [9.17, 15) is 22.8 Å². The zero-order valence-corrected chi connectivity index (χ0v) is 17.1. The molecule has 1 unspecified atom stereocenters. The van der Waals surface area contributed by atoms with E-state index in [0.717, 1.165) is 6.07 Å². The molecule has 10 heteroatoms. The van der Waals surface area contributed by atoms with E-state index >= 15 is 0 Å². The summed E-state index contributed by atoms with van der Waals surface area (Å²) in [5, 5.41) is 0. The molecular weight excluding hydrogens is 413 g/mol. The highest BCUT2D eigenvalue weighted by Gasteiger charge is 2.34. The summed E-state index contributed by atoms with van der Waals surface area (Å²) in [5.41, 5.74) is 5.51. The van der Waals surface area contributed by atoms with Crippen LogP contribution in [-0.4, -0.2) is 52.5 Å². The van der Waals surface area contributed by atoms with E-state index in [-0.39, 0.29) is 22.9 Å². The van der Waals surface area contributed by atoms with Crippen LogP contribution in [0.3, 0.4) is 0 Å². The lowest BCUT2D eigenvalue weighted by molar-refractivity contribution is -0.138. The minimum atomic E-state index is -4.39. The zero-order chi connectivity index (χ0) is 22.8. The third-order valence-corrected chi connectivity index (χ3v) is 5.29. The zero-order valence-electron chi connectivity index (χ0n) is 17.1. The monoisotopic (exact) mass is 436 g/mol. The molecule has 0 spiro atoms. The molecule has 1 saturated heterocycles. The maximum atomic E-state index is 13.2. The number of alkyl halides is 3. The van der Waals surface area contributed by atoms with E-state index in [1.54, 1.807) is 6.07 Å². The highest BCUT2D eigenvalue weighted by atomic mass is 19.4. The molecule has 31 heavy (non-hydrogen) atoms. The van der Waals surface area contributed by atoms with Crippen molar-refractivity contribution in [3.63, 3.8) is 0 Å². The first-order valence-electron chi connectivity index (χ1n) is 9.67. The van der Waals surface area contributed by atoms with E-state index in [0.29, 0.717) is 31.7 Å². The Kier molecular flexibility index (Phi) is 6.49. The summed E-state index contributed by atoms with van der Waals surface area (Å²) in [6.45, 7) is 4.97. The Morgan fingerprint density at radius 3 is 2.65 bits per heavy atom. The van der Waals surface area contributed by atoms with Crippen molar-refractivity contribution in [1.29, 1.82) is 0 Å². The molecule has 0 radical (unpaired) electrons. The van der Waals surface area contributed by atoms with Gasteiger partial charge in [-0.2, -0.15) is 13.2 Å². The van der Waals surface area contributed by atoms with Gasteiger partial charge >= 0.3 is 12.3 Å². The van der Waals surface area contributed by atoms with Crippen molar-refractivity contribution in [2.45, 2.75) is 32.6 Å².